The van der Waals surface area contributed by atoms with Crippen LogP contribution in [-0.2, 0) is 0 Å². The lowest BCUT2D eigenvalue weighted by atomic mass is 10.1. The number of nitrogens with one attached hydrogen (secondary N) is 1. The summed E-state index contributed by atoms with van der Waals surface area (Å²) in [6, 6.07) is 10.5. The largest absolute Gasteiger partial charge is 0.502 e. The third kappa shape index (κ3) is 3.33. The third-order valence-corrected chi connectivity index (χ3v) is 2.68. The van der Waals surface area contributed by atoms with Crippen molar-refractivity contribution in [2.75, 3.05) is 5.43 Å². The van der Waals surface area contributed by atoms with Crippen molar-refractivity contribution in [3.63, 3.8) is 0 Å². The van der Waals surface area contributed by atoms with E-state index in [4.69, 9.17) is 0 Å². The summed E-state index contributed by atoms with van der Waals surface area (Å²) in [4.78, 5) is 19.9. The van der Waals surface area contributed by atoms with E-state index in [0.717, 1.165) is 12.3 Å². The fourth-order valence-corrected chi connectivity index (χ4v) is 1.66. The molecule has 0 heterocycles. The molecule has 9 nitrogen and oxygen atoms in total. The molecule has 112 valence electrons. The number of non-ortho nitro benzene ring substituents is 1. The van der Waals surface area contributed by atoms with Crippen LogP contribution in [0.3, 0.4) is 0 Å². The maximum Gasteiger partial charge on any atom is 0.318 e. The molecule has 0 aliphatic rings. The SMILES string of the molecule is O=[N+]([O-])c1cc(/C=N/Nc2ccccc2)c(O)c([N+](=O)[O-])c1. The highest BCUT2D eigenvalue weighted by atomic mass is 16.6. The van der Waals surface area contributed by atoms with Crippen LogP contribution in [0.1, 0.15) is 5.56 Å². The van der Waals surface area contributed by atoms with E-state index in [1.165, 1.54) is 0 Å². The first-order chi connectivity index (χ1) is 10.5. The predicted molar refractivity (Wildman–Crippen MR) is 79.1 cm³/mol. The Morgan fingerprint density at radius 2 is 1.77 bits per heavy atom. The van der Waals surface area contributed by atoms with Gasteiger partial charge in [0.2, 0.25) is 5.75 Å². The Bertz CT molecular complexity index is 746. The Morgan fingerprint density at radius 3 is 2.36 bits per heavy atom. The standard InChI is InChI=1S/C13H10N4O5/c18-13-9(8-14-15-10-4-2-1-3-5-10)6-11(16(19)20)7-12(13)17(21)22/h1-8,15,18H/b14-8+. The minimum Gasteiger partial charge on any atom is -0.502 e. The molecule has 0 atom stereocenters. The van der Waals surface area contributed by atoms with Crippen molar-refractivity contribution < 1.29 is 15.0 Å². The quantitative estimate of drug-likeness (QED) is 0.496. The van der Waals surface area contributed by atoms with Gasteiger partial charge < -0.3 is 5.11 Å². The molecule has 2 aromatic carbocycles. The maximum atomic E-state index is 10.8. The molecule has 0 aliphatic heterocycles. The number of hydrogen-bond donors (Lipinski definition) is 2. The fourth-order valence-electron chi connectivity index (χ4n) is 1.66. The number of benzene rings is 2. The second-order valence-electron chi connectivity index (χ2n) is 4.15. The van der Waals surface area contributed by atoms with Crippen LogP contribution >= 0.6 is 0 Å². The molecule has 2 rings (SSSR count). The fraction of sp³-hybridized carbons (Fsp3) is 0. The summed E-state index contributed by atoms with van der Waals surface area (Å²) in [7, 11) is 0. The van der Waals surface area contributed by atoms with Crippen molar-refractivity contribution in [1.82, 2.24) is 0 Å². The summed E-state index contributed by atoms with van der Waals surface area (Å²) in [6.07, 6.45) is 1.07. The number of nitrogens with zero attached hydrogens (tertiary/aromatic N) is 3. The molecule has 0 bridgehead atoms. The maximum absolute atomic E-state index is 10.8. The minimum absolute atomic E-state index is 0.135. The van der Waals surface area contributed by atoms with Crippen LogP contribution in [0.5, 0.6) is 5.75 Å². The number of phenols is 1. The molecule has 0 saturated carbocycles. The zero-order valence-corrected chi connectivity index (χ0v) is 11.0. The molecular weight excluding hydrogens is 292 g/mol. The Morgan fingerprint density at radius 1 is 1.09 bits per heavy atom. The second kappa shape index (κ2) is 6.31. The first kappa shape index (κ1) is 14.9. The number of nitro benzene ring substituents is 2. The third-order valence-electron chi connectivity index (χ3n) is 2.68. The second-order valence-corrected chi connectivity index (χ2v) is 4.15. The van der Waals surface area contributed by atoms with Gasteiger partial charge in [-0.1, -0.05) is 18.2 Å². The summed E-state index contributed by atoms with van der Waals surface area (Å²) in [5, 5.41) is 35.2. The van der Waals surface area contributed by atoms with E-state index in [1.54, 1.807) is 24.3 Å². The number of nitro groups is 2. The number of phenolic OH excluding ortho intramolecular Hbond substituents is 1. The van der Waals surface area contributed by atoms with Gasteiger partial charge >= 0.3 is 5.69 Å². The molecular formula is C13H10N4O5. The molecule has 2 N–H and O–H groups in total. The number of para-hydroxylation sites is 1. The highest BCUT2D eigenvalue weighted by molar-refractivity contribution is 5.87. The highest BCUT2D eigenvalue weighted by Gasteiger charge is 2.22. The van der Waals surface area contributed by atoms with E-state index in [2.05, 4.69) is 10.5 Å². The lowest BCUT2D eigenvalue weighted by molar-refractivity contribution is -0.394. The zero-order chi connectivity index (χ0) is 16.1. The molecule has 0 fully saturated rings. The summed E-state index contributed by atoms with van der Waals surface area (Å²) in [5.74, 6) is -0.686. The van der Waals surface area contributed by atoms with Crippen molar-refractivity contribution in [2.45, 2.75) is 0 Å². The van der Waals surface area contributed by atoms with E-state index >= 15 is 0 Å². The van der Waals surface area contributed by atoms with Gasteiger partial charge in [0.15, 0.2) is 0 Å². The summed E-state index contributed by atoms with van der Waals surface area (Å²) < 4.78 is 0. The molecule has 22 heavy (non-hydrogen) atoms. The molecule has 0 aromatic heterocycles. The first-order valence-electron chi connectivity index (χ1n) is 5.99. The normalized spacial score (nSPS) is 10.5. The molecule has 0 spiro atoms. The minimum atomic E-state index is -0.899. The number of hydrazone groups is 1. The van der Waals surface area contributed by atoms with Gasteiger partial charge in [-0.2, -0.15) is 5.10 Å². The van der Waals surface area contributed by atoms with Crippen LogP contribution in [0.2, 0.25) is 0 Å². The van der Waals surface area contributed by atoms with Crippen LogP contribution in [0.25, 0.3) is 0 Å². The summed E-state index contributed by atoms with van der Waals surface area (Å²) in [6.45, 7) is 0. The van der Waals surface area contributed by atoms with Gasteiger partial charge in [0.25, 0.3) is 5.69 Å². The Balaban J connectivity index is 2.33. The Kier molecular flexibility index (Phi) is 4.27. The van der Waals surface area contributed by atoms with Crippen molar-refractivity contribution in [2.24, 2.45) is 5.10 Å². The molecule has 0 radical (unpaired) electrons. The first-order valence-corrected chi connectivity index (χ1v) is 5.99. The van der Waals surface area contributed by atoms with Crippen LogP contribution in [-0.4, -0.2) is 21.2 Å². The summed E-state index contributed by atoms with van der Waals surface area (Å²) >= 11 is 0. The number of rotatable bonds is 5. The number of anilines is 1. The van der Waals surface area contributed by atoms with Gasteiger partial charge in [0, 0.05) is 6.07 Å². The zero-order valence-electron chi connectivity index (χ0n) is 11.0. The molecule has 0 saturated heterocycles. The molecule has 0 unspecified atom stereocenters. The van der Waals surface area contributed by atoms with Gasteiger partial charge in [-0.15, -0.1) is 0 Å². The molecule has 2 aromatic rings. The topological polar surface area (TPSA) is 131 Å². The predicted octanol–water partition coefficient (Wildman–Crippen LogP) is 2.65. The molecule has 9 heteroatoms. The van der Waals surface area contributed by atoms with Gasteiger partial charge in [0.05, 0.1) is 33.4 Å². The smallest absolute Gasteiger partial charge is 0.318 e. The van der Waals surface area contributed by atoms with E-state index in [0.29, 0.717) is 11.8 Å². The van der Waals surface area contributed by atoms with Crippen LogP contribution in [0.15, 0.2) is 47.6 Å². The van der Waals surface area contributed by atoms with Gasteiger partial charge in [0.1, 0.15) is 0 Å². The molecule has 0 aliphatic carbocycles. The molecule has 0 amide bonds. The monoisotopic (exact) mass is 302 g/mol. The van der Waals surface area contributed by atoms with E-state index < -0.39 is 27.0 Å². The average Bonchev–Trinajstić information content (AvgIpc) is 2.49. The van der Waals surface area contributed by atoms with E-state index in [1.807, 2.05) is 6.07 Å². The highest BCUT2D eigenvalue weighted by Crippen LogP contribution is 2.33. The van der Waals surface area contributed by atoms with Crippen LogP contribution in [0.4, 0.5) is 17.1 Å². The van der Waals surface area contributed by atoms with Crippen molar-refractivity contribution in [3.05, 3.63) is 68.3 Å². The van der Waals surface area contributed by atoms with Crippen molar-refractivity contribution in [3.8, 4) is 5.75 Å². The van der Waals surface area contributed by atoms with Crippen LogP contribution in [0, 0.1) is 20.2 Å². The van der Waals surface area contributed by atoms with Crippen molar-refractivity contribution in [1.29, 1.82) is 0 Å². The van der Waals surface area contributed by atoms with E-state index in [-0.39, 0.29) is 5.56 Å². The Hall–Kier alpha value is -3.49. The van der Waals surface area contributed by atoms with E-state index in [9.17, 15) is 25.3 Å². The lowest BCUT2D eigenvalue weighted by Crippen LogP contribution is -1.97. The number of hydrogen-bond acceptors (Lipinski definition) is 7. The Labute approximate surface area is 123 Å². The van der Waals surface area contributed by atoms with Gasteiger partial charge in [-0.3, -0.25) is 25.7 Å². The summed E-state index contributed by atoms with van der Waals surface area (Å²) in [5.41, 5.74) is 1.89. The van der Waals surface area contributed by atoms with Crippen molar-refractivity contribution >= 4 is 23.3 Å². The van der Waals surface area contributed by atoms with Gasteiger partial charge in [-0.05, 0) is 12.1 Å². The van der Waals surface area contributed by atoms with Gasteiger partial charge in [-0.25, -0.2) is 0 Å². The number of aromatic hydroxyl groups is 1. The van der Waals surface area contributed by atoms with Crippen LogP contribution < -0.4 is 5.43 Å². The average molecular weight is 302 g/mol. The lowest BCUT2D eigenvalue weighted by Gasteiger charge is -2.02.